The average Bonchev–Trinajstić information content (AvgIpc) is 3.08. The molecule has 1 fully saturated rings. The molecule has 0 spiro atoms. The lowest BCUT2D eigenvalue weighted by Gasteiger charge is -2.20. The van der Waals surface area contributed by atoms with Crippen molar-refractivity contribution in [1.82, 2.24) is 4.31 Å². The van der Waals surface area contributed by atoms with E-state index in [0.717, 1.165) is 36.8 Å². The fourth-order valence-corrected chi connectivity index (χ4v) is 5.14. The molecule has 0 radical (unpaired) electrons. The van der Waals surface area contributed by atoms with Gasteiger partial charge in [-0.3, -0.25) is 9.59 Å². The molecule has 1 heterocycles. The minimum absolute atomic E-state index is 0.107. The number of esters is 1. The summed E-state index contributed by atoms with van der Waals surface area (Å²) >= 11 is 0. The molecule has 0 bridgehead atoms. The Hall–Kier alpha value is -2.71. The number of nitrogens with one attached hydrogen (secondary N) is 1. The highest BCUT2D eigenvalue weighted by molar-refractivity contribution is 7.89. The molecular weight excluding hydrogens is 428 g/mol. The van der Waals surface area contributed by atoms with E-state index in [1.165, 1.54) is 0 Å². The maximum atomic E-state index is 12.8. The van der Waals surface area contributed by atoms with Crippen LogP contribution in [0.5, 0.6) is 0 Å². The van der Waals surface area contributed by atoms with Crippen LogP contribution in [0.1, 0.15) is 43.2 Å². The Labute approximate surface area is 189 Å². The number of rotatable bonds is 8. The molecule has 172 valence electrons. The molecule has 1 N–H and O–H groups in total. The first kappa shape index (κ1) is 23.9. The highest BCUT2D eigenvalue weighted by atomic mass is 32.2. The third-order valence-electron chi connectivity index (χ3n) is 5.53. The van der Waals surface area contributed by atoms with Gasteiger partial charge in [0.05, 0.1) is 4.90 Å². The van der Waals surface area contributed by atoms with Crippen molar-refractivity contribution >= 4 is 27.6 Å². The molecule has 1 amide bonds. The minimum Gasteiger partial charge on any atom is -0.456 e. The molecule has 2 aromatic carbocycles. The molecule has 0 unspecified atom stereocenters. The van der Waals surface area contributed by atoms with Crippen LogP contribution in [-0.2, 0) is 30.8 Å². The Morgan fingerprint density at radius 2 is 1.62 bits per heavy atom. The second kappa shape index (κ2) is 11.2. The van der Waals surface area contributed by atoms with Gasteiger partial charge in [-0.15, -0.1) is 0 Å². The number of nitrogens with zero attached hydrogens (tertiary/aromatic N) is 1. The average molecular weight is 459 g/mol. The fraction of sp³-hybridized carbons (Fsp3) is 0.417. The first-order valence-corrected chi connectivity index (χ1v) is 12.4. The molecule has 1 saturated heterocycles. The van der Waals surface area contributed by atoms with Gasteiger partial charge in [-0.1, -0.05) is 43.2 Å². The number of hydrogen-bond donors (Lipinski definition) is 1. The van der Waals surface area contributed by atoms with Gasteiger partial charge in [0.1, 0.15) is 0 Å². The summed E-state index contributed by atoms with van der Waals surface area (Å²) in [5.41, 5.74) is 2.44. The quantitative estimate of drug-likeness (QED) is 0.609. The standard InChI is InChI=1S/C24H30N2O5S/c1-19-8-4-5-9-22(19)25-23(27)18-31-24(28)15-12-20-10-13-21(14-11-20)32(29,30)26-16-6-2-3-7-17-26/h4-5,8-11,13-14H,2-3,6-7,12,15-18H2,1H3,(H,25,27). The molecule has 1 aliphatic heterocycles. The number of aryl methyl sites for hydroxylation is 2. The number of para-hydroxylation sites is 1. The van der Waals surface area contributed by atoms with Gasteiger partial charge in [0, 0.05) is 25.2 Å². The summed E-state index contributed by atoms with van der Waals surface area (Å²) in [4.78, 5) is 24.3. The molecule has 1 aliphatic rings. The van der Waals surface area contributed by atoms with E-state index in [2.05, 4.69) is 5.32 Å². The van der Waals surface area contributed by atoms with E-state index in [1.807, 2.05) is 25.1 Å². The molecule has 0 aliphatic carbocycles. The predicted molar refractivity (Wildman–Crippen MR) is 123 cm³/mol. The third-order valence-corrected chi connectivity index (χ3v) is 7.44. The van der Waals surface area contributed by atoms with E-state index in [0.29, 0.717) is 25.2 Å². The molecule has 32 heavy (non-hydrogen) atoms. The molecule has 0 saturated carbocycles. The second-order valence-corrected chi connectivity index (χ2v) is 9.92. The topological polar surface area (TPSA) is 92.8 Å². The van der Waals surface area contributed by atoms with Crippen molar-refractivity contribution < 1.29 is 22.7 Å². The van der Waals surface area contributed by atoms with E-state index in [-0.39, 0.29) is 17.9 Å². The minimum atomic E-state index is -3.48. The molecule has 3 rings (SSSR count). The van der Waals surface area contributed by atoms with Crippen LogP contribution < -0.4 is 5.32 Å². The van der Waals surface area contributed by atoms with Crippen LogP contribution in [0, 0.1) is 6.92 Å². The summed E-state index contributed by atoms with van der Waals surface area (Å²) in [6.07, 6.45) is 4.42. The summed E-state index contributed by atoms with van der Waals surface area (Å²) < 4.78 is 32.3. The van der Waals surface area contributed by atoms with Gasteiger partial charge in [-0.2, -0.15) is 4.31 Å². The zero-order valence-electron chi connectivity index (χ0n) is 18.4. The zero-order valence-corrected chi connectivity index (χ0v) is 19.2. The number of carbonyl (C=O) groups excluding carboxylic acids is 2. The second-order valence-electron chi connectivity index (χ2n) is 7.99. The van der Waals surface area contributed by atoms with E-state index in [9.17, 15) is 18.0 Å². The van der Waals surface area contributed by atoms with Gasteiger partial charge < -0.3 is 10.1 Å². The third kappa shape index (κ3) is 6.64. The van der Waals surface area contributed by atoms with E-state index in [1.54, 1.807) is 34.6 Å². The van der Waals surface area contributed by atoms with Crippen LogP contribution in [0.2, 0.25) is 0 Å². The van der Waals surface area contributed by atoms with Crippen molar-refractivity contribution in [2.24, 2.45) is 0 Å². The monoisotopic (exact) mass is 458 g/mol. The van der Waals surface area contributed by atoms with E-state index >= 15 is 0 Å². The van der Waals surface area contributed by atoms with Crippen LogP contribution in [0.3, 0.4) is 0 Å². The van der Waals surface area contributed by atoms with Crippen LogP contribution in [0.4, 0.5) is 5.69 Å². The Morgan fingerprint density at radius 1 is 0.969 bits per heavy atom. The Bertz CT molecular complexity index is 1030. The van der Waals surface area contributed by atoms with Crippen molar-refractivity contribution in [3.8, 4) is 0 Å². The van der Waals surface area contributed by atoms with Crippen molar-refractivity contribution in [2.45, 2.75) is 50.3 Å². The van der Waals surface area contributed by atoms with Crippen molar-refractivity contribution in [3.63, 3.8) is 0 Å². The van der Waals surface area contributed by atoms with E-state index in [4.69, 9.17) is 4.74 Å². The number of carbonyl (C=O) groups is 2. The zero-order chi connectivity index (χ0) is 23.0. The fourth-order valence-electron chi connectivity index (χ4n) is 3.62. The number of anilines is 1. The summed E-state index contributed by atoms with van der Waals surface area (Å²) in [6, 6.07) is 14.0. The van der Waals surface area contributed by atoms with Crippen LogP contribution >= 0.6 is 0 Å². The highest BCUT2D eigenvalue weighted by Crippen LogP contribution is 2.21. The smallest absolute Gasteiger partial charge is 0.306 e. The summed E-state index contributed by atoms with van der Waals surface area (Å²) in [5.74, 6) is -0.873. The van der Waals surface area contributed by atoms with E-state index < -0.39 is 21.9 Å². The SMILES string of the molecule is Cc1ccccc1NC(=O)COC(=O)CCc1ccc(S(=O)(=O)N2CCCCCC2)cc1. The van der Waals surface area contributed by atoms with Crippen molar-refractivity contribution in [1.29, 1.82) is 0 Å². The highest BCUT2D eigenvalue weighted by Gasteiger charge is 2.24. The Morgan fingerprint density at radius 3 is 2.28 bits per heavy atom. The lowest BCUT2D eigenvalue weighted by Crippen LogP contribution is -2.31. The molecule has 7 nitrogen and oxygen atoms in total. The number of hydrogen-bond acceptors (Lipinski definition) is 5. The number of amides is 1. The van der Waals surface area contributed by atoms with Gasteiger partial charge in [0.2, 0.25) is 10.0 Å². The Kier molecular flexibility index (Phi) is 8.41. The summed E-state index contributed by atoms with van der Waals surface area (Å²) in [5, 5.41) is 2.71. The normalized spacial score (nSPS) is 15.0. The number of benzene rings is 2. The Balaban J connectivity index is 1.46. The largest absolute Gasteiger partial charge is 0.456 e. The summed E-state index contributed by atoms with van der Waals surface area (Å²) in [7, 11) is -3.48. The maximum Gasteiger partial charge on any atom is 0.306 e. The molecule has 8 heteroatoms. The van der Waals surface area contributed by atoms with Gasteiger partial charge in [-0.25, -0.2) is 8.42 Å². The number of sulfonamides is 1. The van der Waals surface area contributed by atoms with Crippen LogP contribution in [-0.4, -0.2) is 44.3 Å². The first-order chi connectivity index (χ1) is 15.4. The molecule has 0 atom stereocenters. The number of ether oxygens (including phenoxy) is 1. The van der Waals surface area contributed by atoms with Gasteiger partial charge in [-0.05, 0) is 55.5 Å². The lowest BCUT2D eigenvalue weighted by molar-refractivity contribution is -0.147. The first-order valence-electron chi connectivity index (χ1n) is 11.0. The van der Waals surface area contributed by atoms with Gasteiger partial charge in [0.25, 0.3) is 5.91 Å². The van der Waals surface area contributed by atoms with Crippen LogP contribution in [0.25, 0.3) is 0 Å². The van der Waals surface area contributed by atoms with Gasteiger partial charge >= 0.3 is 5.97 Å². The van der Waals surface area contributed by atoms with Crippen molar-refractivity contribution in [3.05, 3.63) is 59.7 Å². The van der Waals surface area contributed by atoms with Gasteiger partial charge in [0.15, 0.2) is 6.61 Å². The van der Waals surface area contributed by atoms with Crippen LogP contribution in [0.15, 0.2) is 53.4 Å². The molecular formula is C24H30N2O5S. The molecule has 2 aromatic rings. The predicted octanol–water partition coefficient (Wildman–Crippen LogP) is 3.67. The molecule has 0 aromatic heterocycles. The maximum absolute atomic E-state index is 12.8. The summed E-state index contributed by atoms with van der Waals surface area (Å²) in [6.45, 7) is 2.66. The van der Waals surface area contributed by atoms with Crippen molar-refractivity contribution in [2.75, 3.05) is 25.0 Å². The lowest BCUT2D eigenvalue weighted by atomic mass is 10.1.